The molecule has 2 atom stereocenters. The van der Waals surface area contributed by atoms with Crippen LogP contribution in [0.3, 0.4) is 0 Å². The summed E-state index contributed by atoms with van der Waals surface area (Å²) in [6.45, 7) is 6.67. The van der Waals surface area contributed by atoms with Gasteiger partial charge in [-0.05, 0) is 63.0 Å². The molecule has 0 aromatic heterocycles. The molecule has 2 aromatic rings. The summed E-state index contributed by atoms with van der Waals surface area (Å²) in [5, 5.41) is 0. The van der Waals surface area contributed by atoms with Gasteiger partial charge in [-0.3, -0.25) is 4.90 Å². The van der Waals surface area contributed by atoms with Gasteiger partial charge in [0.25, 0.3) is 0 Å². The lowest BCUT2D eigenvalue weighted by molar-refractivity contribution is 0.193. The van der Waals surface area contributed by atoms with Gasteiger partial charge >= 0.3 is 0 Å². The van der Waals surface area contributed by atoms with Crippen molar-refractivity contribution in [2.75, 3.05) is 40.8 Å². The van der Waals surface area contributed by atoms with Crippen LogP contribution >= 0.6 is 0 Å². The third-order valence-corrected chi connectivity index (χ3v) is 6.98. The van der Waals surface area contributed by atoms with Crippen LogP contribution in [0.15, 0.2) is 48.5 Å². The highest BCUT2D eigenvalue weighted by Gasteiger charge is 2.44. The first-order chi connectivity index (χ1) is 15.0. The van der Waals surface area contributed by atoms with E-state index in [1.807, 2.05) is 0 Å². The zero-order chi connectivity index (χ0) is 21.8. The molecular formula is C27H38N2O2. The molecule has 4 rings (SSSR count). The quantitative estimate of drug-likeness (QED) is 0.585. The van der Waals surface area contributed by atoms with Crippen LogP contribution < -0.4 is 9.47 Å². The predicted molar refractivity (Wildman–Crippen MR) is 127 cm³/mol. The SMILES string of the molecule is COc1ccc(C2CN(Cc3ccccc3)C[C@]2(C)CN(C)C)cc1OC1CCCC1. The minimum Gasteiger partial charge on any atom is -0.493 e. The molecule has 0 bridgehead atoms. The Labute approximate surface area is 188 Å². The summed E-state index contributed by atoms with van der Waals surface area (Å²) in [4.78, 5) is 4.95. The zero-order valence-corrected chi connectivity index (χ0v) is 19.6. The Morgan fingerprint density at radius 1 is 1.03 bits per heavy atom. The summed E-state index contributed by atoms with van der Waals surface area (Å²) in [6.07, 6.45) is 5.17. The second-order valence-electron chi connectivity index (χ2n) is 10.0. The van der Waals surface area contributed by atoms with E-state index in [0.29, 0.717) is 12.0 Å². The Kier molecular flexibility index (Phi) is 6.88. The summed E-state index contributed by atoms with van der Waals surface area (Å²) in [5.74, 6) is 2.22. The summed E-state index contributed by atoms with van der Waals surface area (Å²) < 4.78 is 12.1. The van der Waals surface area contributed by atoms with Crippen molar-refractivity contribution < 1.29 is 9.47 Å². The van der Waals surface area contributed by atoms with Crippen LogP contribution in [0.4, 0.5) is 0 Å². The first-order valence-electron chi connectivity index (χ1n) is 11.7. The van der Waals surface area contributed by atoms with Gasteiger partial charge in [0.05, 0.1) is 13.2 Å². The molecule has 2 aliphatic rings. The van der Waals surface area contributed by atoms with Gasteiger partial charge in [0, 0.05) is 37.5 Å². The van der Waals surface area contributed by atoms with E-state index >= 15 is 0 Å². The van der Waals surface area contributed by atoms with Crippen molar-refractivity contribution in [3.63, 3.8) is 0 Å². The van der Waals surface area contributed by atoms with Gasteiger partial charge in [-0.1, -0.05) is 43.3 Å². The van der Waals surface area contributed by atoms with Crippen LogP contribution in [0.25, 0.3) is 0 Å². The number of likely N-dealkylation sites (tertiary alicyclic amines) is 1. The molecule has 1 aliphatic heterocycles. The van der Waals surface area contributed by atoms with Crippen LogP contribution in [-0.4, -0.2) is 56.7 Å². The van der Waals surface area contributed by atoms with Crippen LogP contribution in [0, 0.1) is 5.41 Å². The highest BCUT2D eigenvalue weighted by molar-refractivity contribution is 5.45. The average molecular weight is 423 g/mol. The van der Waals surface area contributed by atoms with Crippen molar-refractivity contribution in [1.82, 2.24) is 9.80 Å². The summed E-state index contributed by atoms with van der Waals surface area (Å²) >= 11 is 0. The predicted octanol–water partition coefficient (Wildman–Crippen LogP) is 5.18. The van der Waals surface area contributed by atoms with Crippen molar-refractivity contribution >= 4 is 0 Å². The molecule has 31 heavy (non-hydrogen) atoms. The first-order valence-corrected chi connectivity index (χ1v) is 11.7. The molecule has 2 aromatic carbocycles. The number of nitrogens with zero attached hydrogens (tertiary/aromatic N) is 2. The fourth-order valence-corrected chi connectivity index (χ4v) is 5.70. The molecule has 168 valence electrons. The average Bonchev–Trinajstić information content (AvgIpc) is 3.35. The van der Waals surface area contributed by atoms with Gasteiger partial charge in [0.2, 0.25) is 0 Å². The number of methoxy groups -OCH3 is 1. The molecule has 4 heteroatoms. The maximum atomic E-state index is 6.42. The number of rotatable bonds is 8. The van der Waals surface area contributed by atoms with Crippen molar-refractivity contribution in [2.24, 2.45) is 5.41 Å². The lowest BCUT2D eigenvalue weighted by atomic mass is 9.75. The number of benzene rings is 2. The molecule has 0 spiro atoms. The molecule has 1 saturated carbocycles. The molecule has 0 radical (unpaired) electrons. The normalized spacial score (nSPS) is 24.7. The standard InChI is InChI=1S/C27H38N2O2/c1-27(19-28(2)3)20-29(17-21-10-6-5-7-11-21)18-24(27)22-14-15-25(30-4)26(16-22)31-23-12-8-9-13-23/h5-7,10-11,14-16,23-24H,8-9,12-13,17-20H2,1-4H3/t24?,27-/m0/s1. The van der Waals surface area contributed by atoms with Crippen LogP contribution in [0.5, 0.6) is 11.5 Å². The maximum Gasteiger partial charge on any atom is 0.161 e. The van der Waals surface area contributed by atoms with Gasteiger partial charge in [-0.2, -0.15) is 0 Å². The van der Waals surface area contributed by atoms with Crippen LogP contribution in [0.2, 0.25) is 0 Å². The van der Waals surface area contributed by atoms with E-state index in [9.17, 15) is 0 Å². The van der Waals surface area contributed by atoms with Gasteiger partial charge in [0.1, 0.15) is 0 Å². The van der Waals surface area contributed by atoms with Crippen molar-refractivity contribution in [2.45, 2.75) is 51.2 Å². The van der Waals surface area contributed by atoms with Gasteiger partial charge in [0.15, 0.2) is 11.5 Å². The Morgan fingerprint density at radius 3 is 2.45 bits per heavy atom. The number of ether oxygens (including phenoxy) is 2. The molecule has 2 fully saturated rings. The van der Waals surface area contributed by atoms with Gasteiger partial charge < -0.3 is 14.4 Å². The smallest absolute Gasteiger partial charge is 0.161 e. The second-order valence-corrected chi connectivity index (χ2v) is 10.0. The third kappa shape index (κ3) is 5.24. The minimum absolute atomic E-state index is 0.178. The van der Waals surface area contributed by atoms with E-state index in [1.54, 1.807) is 7.11 Å². The second kappa shape index (κ2) is 9.62. The Bertz CT molecular complexity index is 848. The highest BCUT2D eigenvalue weighted by Crippen LogP contribution is 2.45. The van der Waals surface area contributed by atoms with Gasteiger partial charge in [-0.15, -0.1) is 0 Å². The molecular weight excluding hydrogens is 384 g/mol. The fourth-order valence-electron chi connectivity index (χ4n) is 5.70. The fraction of sp³-hybridized carbons (Fsp3) is 0.556. The van der Waals surface area contributed by atoms with Crippen LogP contribution in [-0.2, 0) is 6.54 Å². The molecule has 0 N–H and O–H groups in total. The van der Waals surface area contributed by atoms with Crippen molar-refractivity contribution in [3.8, 4) is 11.5 Å². The van der Waals surface area contributed by atoms with Crippen LogP contribution in [0.1, 0.15) is 49.7 Å². The Balaban J connectivity index is 1.59. The maximum absolute atomic E-state index is 6.42. The minimum atomic E-state index is 0.178. The molecule has 1 aliphatic carbocycles. The Morgan fingerprint density at radius 2 is 1.77 bits per heavy atom. The molecule has 0 amide bonds. The molecule has 1 unspecified atom stereocenters. The van der Waals surface area contributed by atoms with Crippen molar-refractivity contribution in [3.05, 3.63) is 59.7 Å². The van der Waals surface area contributed by atoms with E-state index in [4.69, 9.17) is 9.47 Å². The summed E-state index contributed by atoms with van der Waals surface area (Å²) in [7, 11) is 6.11. The summed E-state index contributed by atoms with van der Waals surface area (Å²) in [6, 6.07) is 17.5. The first kappa shape index (κ1) is 22.2. The lowest BCUT2D eigenvalue weighted by Gasteiger charge is -2.34. The number of hydrogen-bond donors (Lipinski definition) is 0. The molecule has 4 nitrogen and oxygen atoms in total. The Hall–Kier alpha value is -2.04. The largest absolute Gasteiger partial charge is 0.493 e. The van der Waals surface area contributed by atoms with E-state index in [0.717, 1.165) is 50.5 Å². The van der Waals surface area contributed by atoms with E-state index < -0.39 is 0 Å². The van der Waals surface area contributed by atoms with E-state index in [1.165, 1.54) is 24.0 Å². The zero-order valence-electron chi connectivity index (χ0n) is 19.6. The van der Waals surface area contributed by atoms with E-state index in [2.05, 4.69) is 79.3 Å². The topological polar surface area (TPSA) is 24.9 Å². The van der Waals surface area contributed by atoms with E-state index in [-0.39, 0.29) is 5.41 Å². The number of hydrogen-bond acceptors (Lipinski definition) is 4. The molecule has 1 saturated heterocycles. The lowest BCUT2D eigenvalue weighted by Crippen LogP contribution is -2.37. The monoisotopic (exact) mass is 422 g/mol. The highest BCUT2D eigenvalue weighted by atomic mass is 16.5. The van der Waals surface area contributed by atoms with Crippen molar-refractivity contribution in [1.29, 1.82) is 0 Å². The molecule has 1 heterocycles. The van der Waals surface area contributed by atoms with Gasteiger partial charge in [-0.25, -0.2) is 0 Å². The third-order valence-electron chi connectivity index (χ3n) is 6.98. The summed E-state index contributed by atoms with van der Waals surface area (Å²) in [5.41, 5.74) is 2.93.